The second-order valence-electron chi connectivity index (χ2n) is 9.54. The van der Waals surface area contributed by atoms with Crippen LogP contribution in [0.1, 0.15) is 63.5 Å². The Balaban J connectivity index is 1.48. The van der Waals surface area contributed by atoms with Gasteiger partial charge in [-0.05, 0) is 74.6 Å². The molecule has 2 aliphatic heterocycles. The Morgan fingerprint density at radius 2 is 1.79 bits per heavy atom. The van der Waals surface area contributed by atoms with Crippen molar-refractivity contribution >= 4 is 5.91 Å². The molecule has 28 heavy (non-hydrogen) atoms. The number of hydrogen-bond acceptors (Lipinski definition) is 3. The van der Waals surface area contributed by atoms with Crippen LogP contribution in [0.15, 0.2) is 24.3 Å². The van der Waals surface area contributed by atoms with Crippen molar-refractivity contribution in [2.75, 3.05) is 26.2 Å². The molecule has 0 bridgehead atoms. The SMILES string of the molecule is CC(C)C1CCC(N2CCC3(CC2)C(=O)N(CCO)Cc2ccccc23)CC1. The molecule has 1 N–H and O–H groups in total. The number of benzene rings is 1. The number of carbonyl (C=O) groups excluding carboxylic acids is 1. The highest BCUT2D eigenvalue weighted by Crippen LogP contribution is 2.44. The quantitative estimate of drug-likeness (QED) is 0.863. The number of aliphatic hydroxyl groups is 1. The van der Waals surface area contributed by atoms with E-state index in [2.05, 4.69) is 43.0 Å². The molecule has 0 aromatic heterocycles. The summed E-state index contributed by atoms with van der Waals surface area (Å²) in [6, 6.07) is 9.19. The fraction of sp³-hybridized carbons (Fsp3) is 0.708. The van der Waals surface area contributed by atoms with Gasteiger partial charge in [0.15, 0.2) is 0 Å². The Hall–Kier alpha value is -1.39. The van der Waals surface area contributed by atoms with Crippen molar-refractivity contribution in [2.24, 2.45) is 11.8 Å². The highest BCUT2D eigenvalue weighted by molar-refractivity contribution is 5.90. The molecule has 0 radical (unpaired) electrons. The summed E-state index contributed by atoms with van der Waals surface area (Å²) in [5.74, 6) is 1.94. The summed E-state index contributed by atoms with van der Waals surface area (Å²) in [5.41, 5.74) is 2.13. The molecule has 2 heterocycles. The topological polar surface area (TPSA) is 43.8 Å². The lowest BCUT2D eigenvalue weighted by molar-refractivity contribution is -0.142. The van der Waals surface area contributed by atoms with Crippen molar-refractivity contribution in [3.05, 3.63) is 35.4 Å². The molecule has 0 unspecified atom stereocenters. The predicted molar refractivity (Wildman–Crippen MR) is 112 cm³/mol. The zero-order valence-electron chi connectivity index (χ0n) is 17.6. The smallest absolute Gasteiger partial charge is 0.233 e. The molecule has 1 spiro atoms. The van der Waals surface area contributed by atoms with E-state index in [0.29, 0.717) is 19.1 Å². The van der Waals surface area contributed by atoms with E-state index in [-0.39, 0.29) is 17.9 Å². The molecule has 1 amide bonds. The Morgan fingerprint density at radius 1 is 1.11 bits per heavy atom. The number of rotatable bonds is 4. The molecule has 4 nitrogen and oxygen atoms in total. The van der Waals surface area contributed by atoms with Crippen LogP contribution in [0.4, 0.5) is 0 Å². The minimum Gasteiger partial charge on any atom is -0.395 e. The van der Waals surface area contributed by atoms with Crippen molar-refractivity contribution in [3.63, 3.8) is 0 Å². The molecule has 4 rings (SSSR count). The van der Waals surface area contributed by atoms with Crippen molar-refractivity contribution in [1.29, 1.82) is 0 Å². The molecule has 4 heteroatoms. The highest BCUT2D eigenvalue weighted by atomic mass is 16.3. The van der Waals surface area contributed by atoms with E-state index in [9.17, 15) is 9.90 Å². The van der Waals surface area contributed by atoms with Crippen LogP contribution in [0, 0.1) is 11.8 Å². The second-order valence-corrected chi connectivity index (χ2v) is 9.54. The van der Waals surface area contributed by atoms with Crippen LogP contribution in [-0.2, 0) is 16.8 Å². The normalized spacial score (nSPS) is 28.0. The Morgan fingerprint density at radius 3 is 2.43 bits per heavy atom. The number of carbonyl (C=O) groups is 1. The Kier molecular flexibility index (Phi) is 5.80. The minimum atomic E-state index is -0.379. The summed E-state index contributed by atoms with van der Waals surface area (Å²) in [6.07, 6.45) is 7.17. The Labute approximate surface area is 169 Å². The van der Waals surface area contributed by atoms with Crippen LogP contribution in [0.3, 0.4) is 0 Å². The molecule has 1 saturated heterocycles. The zero-order valence-corrected chi connectivity index (χ0v) is 17.6. The van der Waals surface area contributed by atoms with Crippen LogP contribution >= 0.6 is 0 Å². The maximum Gasteiger partial charge on any atom is 0.233 e. The first-order valence-corrected chi connectivity index (χ1v) is 11.3. The van der Waals surface area contributed by atoms with Crippen molar-refractivity contribution in [2.45, 2.75) is 70.4 Å². The van der Waals surface area contributed by atoms with Crippen LogP contribution < -0.4 is 0 Å². The van der Waals surface area contributed by atoms with Gasteiger partial charge < -0.3 is 14.9 Å². The molecule has 154 valence electrons. The lowest BCUT2D eigenvalue weighted by Gasteiger charge is -2.49. The first kappa shape index (κ1) is 19.9. The molecule has 1 saturated carbocycles. The fourth-order valence-electron chi connectivity index (χ4n) is 6.01. The van der Waals surface area contributed by atoms with Gasteiger partial charge in [-0.25, -0.2) is 0 Å². The van der Waals surface area contributed by atoms with Crippen molar-refractivity contribution < 1.29 is 9.90 Å². The van der Waals surface area contributed by atoms with E-state index in [1.807, 2.05) is 4.90 Å². The van der Waals surface area contributed by atoms with E-state index >= 15 is 0 Å². The number of nitrogens with zero attached hydrogens (tertiary/aromatic N) is 2. The number of hydrogen-bond donors (Lipinski definition) is 1. The van der Waals surface area contributed by atoms with Crippen LogP contribution in [0.25, 0.3) is 0 Å². The maximum atomic E-state index is 13.5. The average Bonchev–Trinajstić information content (AvgIpc) is 2.73. The number of likely N-dealkylation sites (tertiary alicyclic amines) is 1. The molecule has 2 fully saturated rings. The van der Waals surface area contributed by atoms with Crippen LogP contribution in [0.5, 0.6) is 0 Å². The van der Waals surface area contributed by atoms with Gasteiger partial charge in [0.1, 0.15) is 0 Å². The first-order chi connectivity index (χ1) is 13.5. The monoisotopic (exact) mass is 384 g/mol. The summed E-state index contributed by atoms with van der Waals surface area (Å²) in [4.78, 5) is 18.0. The Bertz CT molecular complexity index is 686. The number of fused-ring (bicyclic) bond motifs is 2. The van der Waals surface area contributed by atoms with Gasteiger partial charge in [0, 0.05) is 19.1 Å². The number of piperidine rings is 1. The van der Waals surface area contributed by atoms with Gasteiger partial charge in [-0.15, -0.1) is 0 Å². The van der Waals surface area contributed by atoms with Crippen molar-refractivity contribution in [3.8, 4) is 0 Å². The summed E-state index contributed by atoms with van der Waals surface area (Å²) < 4.78 is 0. The van der Waals surface area contributed by atoms with E-state index in [1.54, 1.807) is 0 Å². The van der Waals surface area contributed by atoms with Crippen LogP contribution in [-0.4, -0.2) is 53.1 Å². The highest BCUT2D eigenvalue weighted by Gasteiger charge is 2.49. The number of aliphatic hydroxyl groups excluding tert-OH is 1. The average molecular weight is 385 g/mol. The van der Waals surface area contributed by atoms with Gasteiger partial charge in [0.05, 0.1) is 12.0 Å². The fourth-order valence-corrected chi connectivity index (χ4v) is 6.01. The molecular weight excluding hydrogens is 348 g/mol. The summed E-state index contributed by atoms with van der Waals surface area (Å²) in [6.45, 7) is 7.88. The van der Waals surface area contributed by atoms with E-state index < -0.39 is 0 Å². The number of β-amino-alcohol motifs (C(OH)–C–C–N with tert-alkyl or cyclic N) is 1. The van der Waals surface area contributed by atoms with E-state index in [1.165, 1.54) is 36.8 Å². The third-order valence-corrected chi connectivity index (χ3v) is 7.81. The molecule has 1 aromatic rings. The minimum absolute atomic E-state index is 0.0369. The molecule has 0 atom stereocenters. The predicted octanol–water partition coefficient (Wildman–Crippen LogP) is 3.57. The molecule has 1 aromatic carbocycles. The summed E-state index contributed by atoms with van der Waals surface area (Å²) in [5, 5.41) is 9.44. The number of amides is 1. The largest absolute Gasteiger partial charge is 0.395 e. The van der Waals surface area contributed by atoms with Gasteiger partial charge >= 0.3 is 0 Å². The molecule has 3 aliphatic rings. The van der Waals surface area contributed by atoms with Gasteiger partial charge in [-0.2, -0.15) is 0 Å². The van der Waals surface area contributed by atoms with Crippen molar-refractivity contribution in [1.82, 2.24) is 9.80 Å². The lowest BCUT2D eigenvalue weighted by Crippen LogP contribution is -2.57. The van der Waals surface area contributed by atoms with Gasteiger partial charge in [-0.3, -0.25) is 4.79 Å². The standard InChI is InChI=1S/C24H36N2O2/c1-18(2)19-7-9-21(10-8-19)25-13-11-24(12-14-25)22-6-4-3-5-20(22)17-26(15-16-27)23(24)28/h3-6,18-19,21,27H,7-17H2,1-2H3. The first-order valence-electron chi connectivity index (χ1n) is 11.3. The third kappa shape index (κ3) is 3.50. The third-order valence-electron chi connectivity index (χ3n) is 7.81. The second kappa shape index (κ2) is 8.16. The molecule has 1 aliphatic carbocycles. The van der Waals surface area contributed by atoms with E-state index in [0.717, 1.165) is 37.8 Å². The zero-order chi connectivity index (χ0) is 19.7. The van der Waals surface area contributed by atoms with Gasteiger partial charge in [0.25, 0.3) is 0 Å². The summed E-state index contributed by atoms with van der Waals surface area (Å²) in [7, 11) is 0. The van der Waals surface area contributed by atoms with Gasteiger partial charge in [-0.1, -0.05) is 38.1 Å². The van der Waals surface area contributed by atoms with Crippen LogP contribution in [0.2, 0.25) is 0 Å². The molecular formula is C24H36N2O2. The maximum absolute atomic E-state index is 13.5. The lowest BCUT2D eigenvalue weighted by atomic mass is 9.67. The summed E-state index contributed by atoms with van der Waals surface area (Å²) >= 11 is 0. The van der Waals surface area contributed by atoms with E-state index in [4.69, 9.17) is 0 Å². The van der Waals surface area contributed by atoms with Gasteiger partial charge in [0.2, 0.25) is 5.91 Å².